The van der Waals surface area contributed by atoms with Crippen LogP contribution in [-0.2, 0) is 0 Å². The molecule has 0 saturated carbocycles. The molecule has 0 amide bonds. The molecule has 0 unspecified atom stereocenters. The molecule has 2 heterocycles. The maximum atomic E-state index is 6.07. The summed E-state index contributed by atoms with van der Waals surface area (Å²) in [5.74, 6) is 0.764. The van der Waals surface area contributed by atoms with Gasteiger partial charge in [-0.2, -0.15) is 4.98 Å². The minimum atomic E-state index is 0.329. The van der Waals surface area contributed by atoms with Gasteiger partial charge in [0.05, 0.1) is 16.1 Å². The Morgan fingerprint density at radius 3 is 3.00 bits per heavy atom. The first-order valence-corrected chi connectivity index (χ1v) is 6.34. The molecule has 2 N–H and O–H groups in total. The summed E-state index contributed by atoms with van der Waals surface area (Å²) in [5, 5.41) is 6.22. The second-order valence-electron chi connectivity index (χ2n) is 3.54. The summed E-state index contributed by atoms with van der Waals surface area (Å²) in [6.07, 6.45) is 0. The van der Waals surface area contributed by atoms with Crippen LogP contribution in [0.5, 0.6) is 0 Å². The maximum Gasteiger partial charge on any atom is 0.259 e. The molecular formula is C11H7ClN4OS. The van der Waals surface area contributed by atoms with Gasteiger partial charge in [0.1, 0.15) is 5.69 Å². The third kappa shape index (κ3) is 1.96. The number of benzene rings is 1. The van der Waals surface area contributed by atoms with Crippen molar-refractivity contribution in [2.24, 2.45) is 0 Å². The van der Waals surface area contributed by atoms with Crippen molar-refractivity contribution in [3.05, 3.63) is 34.1 Å². The van der Waals surface area contributed by atoms with Gasteiger partial charge in [-0.05, 0) is 18.2 Å². The lowest BCUT2D eigenvalue weighted by molar-refractivity contribution is 0.432. The highest BCUT2D eigenvalue weighted by Gasteiger charge is 2.14. The van der Waals surface area contributed by atoms with Crippen molar-refractivity contribution >= 4 is 28.6 Å². The van der Waals surface area contributed by atoms with Gasteiger partial charge in [0, 0.05) is 11.1 Å². The Hall–Kier alpha value is -1.92. The standard InChI is InChI=1S/C11H7ClN4OS/c12-8-2-1-6(13)3-7(8)11-15-10(16-17-11)9-4-18-5-14-9/h1-5H,13H2. The van der Waals surface area contributed by atoms with Gasteiger partial charge in [-0.1, -0.05) is 16.8 Å². The molecular weight excluding hydrogens is 272 g/mol. The molecule has 0 aliphatic carbocycles. The van der Waals surface area contributed by atoms with Crippen LogP contribution in [0.15, 0.2) is 33.6 Å². The number of nitrogens with two attached hydrogens (primary N) is 1. The molecule has 0 bridgehead atoms. The van der Waals surface area contributed by atoms with Crippen LogP contribution < -0.4 is 5.73 Å². The first-order chi connectivity index (χ1) is 8.74. The number of thiazole rings is 1. The lowest BCUT2D eigenvalue weighted by Gasteiger charge is -1.99. The average molecular weight is 279 g/mol. The molecule has 7 heteroatoms. The number of nitrogen functional groups attached to an aromatic ring is 1. The molecule has 5 nitrogen and oxygen atoms in total. The second-order valence-corrected chi connectivity index (χ2v) is 4.66. The Labute approximate surface area is 111 Å². The van der Waals surface area contributed by atoms with E-state index in [1.807, 2.05) is 5.38 Å². The number of halogens is 1. The molecule has 0 radical (unpaired) electrons. The quantitative estimate of drug-likeness (QED) is 0.729. The Morgan fingerprint density at radius 2 is 2.22 bits per heavy atom. The second kappa shape index (κ2) is 4.40. The zero-order valence-electron chi connectivity index (χ0n) is 9.00. The molecule has 1 aromatic carbocycles. The lowest BCUT2D eigenvalue weighted by Crippen LogP contribution is -1.87. The fraction of sp³-hybridized carbons (Fsp3) is 0. The molecule has 0 aliphatic rings. The summed E-state index contributed by atoms with van der Waals surface area (Å²) >= 11 is 7.53. The zero-order chi connectivity index (χ0) is 12.5. The molecule has 0 atom stereocenters. The highest BCUT2D eigenvalue weighted by atomic mass is 35.5. The third-order valence-corrected chi connectivity index (χ3v) is 3.22. The van der Waals surface area contributed by atoms with Crippen molar-refractivity contribution in [2.45, 2.75) is 0 Å². The smallest absolute Gasteiger partial charge is 0.259 e. The largest absolute Gasteiger partial charge is 0.399 e. The predicted octanol–water partition coefficient (Wildman–Crippen LogP) is 3.10. The molecule has 18 heavy (non-hydrogen) atoms. The number of anilines is 1. The van der Waals surface area contributed by atoms with Crippen LogP contribution in [-0.4, -0.2) is 15.1 Å². The van der Waals surface area contributed by atoms with E-state index in [0.717, 1.165) is 0 Å². The monoisotopic (exact) mass is 278 g/mol. The van der Waals surface area contributed by atoms with Crippen molar-refractivity contribution in [3.8, 4) is 23.0 Å². The molecule has 0 fully saturated rings. The van der Waals surface area contributed by atoms with Crippen LogP contribution in [0, 0.1) is 0 Å². The maximum absolute atomic E-state index is 6.07. The Bertz CT molecular complexity index is 680. The van der Waals surface area contributed by atoms with Gasteiger partial charge in [0.15, 0.2) is 0 Å². The first-order valence-electron chi connectivity index (χ1n) is 5.02. The van der Waals surface area contributed by atoms with E-state index in [1.54, 1.807) is 23.7 Å². The third-order valence-electron chi connectivity index (χ3n) is 2.31. The van der Waals surface area contributed by atoms with Gasteiger partial charge >= 0.3 is 0 Å². The highest BCUT2D eigenvalue weighted by Crippen LogP contribution is 2.29. The fourth-order valence-corrected chi connectivity index (χ4v) is 2.20. The Balaban J connectivity index is 2.05. The summed E-state index contributed by atoms with van der Waals surface area (Å²) in [7, 11) is 0. The van der Waals surface area contributed by atoms with E-state index in [1.165, 1.54) is 11.3 Å². The zero-order valence-corrected chi connectivity index (χ0v) is 10.6. The van der Waals surface area contributed by atoms with Gasteiger partial charge in [-0.3, -0.25) is 0 Å². The number of rotatable bonds is 2. The van der Waals surface area contributed by atoms with Crippen LogP contribution >= 0.6 is 22.9 Å². The normalized spacial score (nSPS) is 10.7. The van der Waals surface area contributed by atoms with E-state index in [4.69, 9.17) is 21.9 Å². The van der Waals surface area contributed by atoms with Gasteiger partial charge in [-0.15, -0.1) is 11.3 Å². The number of aromatic nitrogens is 3. The van der Waals surface area contributed by atoms with E-state index >= 15 is 0 Å². The average Bonchev–Trinajstić information content (AvgIpc) is 3.00. The Morgan fingerprint density at radius 1 is 1.33 bits per heavy atom. The van der Waals surface area contributed by atoms with Crippen LogP contribution in [0.1, 0.15) is 0 Å². The van der Waals surface area contributed by atoms with Crippen LogP contribution in [0.3, 0.4) is 0 Å². The molecule has 0 spiro atoms. The van der Waals surface area contributed by atoms with Crippen molar-refractivity contribution in [3.63, 3.8) is 0 Å². The minimum Gasteiger partial charge on any atom is -0.399 e. The van der Waals surface area contributed by atoms with Crippen LogP contribution in [0.2, 0.25) is 5.02 Å². The van der Waals surface area contributed by atoms with Crippen molar-refractivity contribution < 1.29 is 4.52 Å². The summed E-state index contributed by atoms with van der Waals surface area (Å²) in [5.41, 5.74) is 9.29. The molecule has 2 aromatic heterocycles. The molecule has 3 aromatic rings. The van der Waals surface area contributed by atoms with Crippen LogP contribution in [0.4, 0.5) is 5.69 Å². The topological polar surface area (TPSA) is 77.8 Å². The number of hydrogen-bond donors (Lipinski definition) is 1. The molecule has 3 rings (SSSR count). The minimum absolute atomic E-state index is 0.329. The molecule has 90 valence electrons. The highest BCUT2D eigenvalue weighted by molar-refractivity contribution is 7.07. The number of hydrogen-bond acceptors (Lipinski definition) is 6. The van der Waals surface area contributed by atoms with Crippen molar-refractivity contribution in [1.82, 2.24) is 15.1 Å². The van der Waals surface area contributed by atoms with E-state index in [9.17, 15) is 0 Å². The molecule has 0 saturated heterocycles. The lowest BCUT2D eigenvalue weighted by atomic mass is 10.2. The van der Waals surface area contributed by atoms with Crippen molar-refractivity contribution in [2.75, 3.05) is 5.73 Å². The van der Waals surface area contributed by atoms with Gasteiger partial charge in [0.25, 0.3) is 5.89 Å². The van der Waals surface area contributed by atoms with Gasteiger partial charge < -0.3 is 10.3 Å². The van der Waals surface area contributed by atoms with E-state index in [2.05, 4.69) is 15.1 Å². The first kappa shape index (κ1) is 11.2. The van der Waals surface area contributed by atoms with E-state index in [0.29, 0.717) is 33.7 Å². The van der Waals surface area contributed by atoms with Crippen LogP contribution in [0.25, 0.3) is 23.0 Å². The van der Waals surface area contributed by atoms with E-state index < -0.39 is 0 Å². The van der Waals surface area contributed by atoms with E-state index in [-0.39, 0.29) is 0 Å². The number of nitrogens with zero attached hydrogens (tertiary/aromatic N) is 3. The summed E-state index contributed by atoms with van der Waals surface area (Å²) in [6, 6.07) is 5.10. The van der Waals surface area contributed by atoms with Gasteiger partial charge in [0.2, 0.25) is 5.82 Å². The summed E-state index contributed by atoms with van der Waals surface area (Å²) in [6.45, 7) is 0. The SMILES string of the molecule is Nc1ccc(Cl)c(-c2nc(-c3cscn3)no2)c1. The van der Waals surface area contributed by atoms with Crippen molar-refractivity contribution in [1.29, 1.82) is 0 Å². The fourth-order valence-electron chi connectivity index (χ4n) is 1.47. The summed E-state index contributed by atoms with van der Waals surface area (Å²) < 4.78 is 5.17. The van der Waals surface area contributed by atoms with Gasteiger partial charge in [-0.25, -0.2) is 4.98 Å². The Kier molecular flexibility index (Phi) is 2.73. The molecule has 0 aliphatic heterocycles. The predicted molar refractivity (Wildman–Crippen MR) is 70.3 cm³/mol. The summed E-state index contributed by atoms with van der Waals surface area (Å²) in [4.78, 5) is 8.36.